The summed E-state index contributed by atoms with van der Waals surface area (Å²) in [4.78, 5) is 9.88. The monoisotopic (exact) mass is 715 g/mol. The van der Waals surface area contributed by atoms with Gasteiger partial charge in [-0.15, -0.1) is 0 Å². The summed E-state index contributed by atoms with van der Waals surface area (Å²) in [6, 6.07) is 59.3. The third kappa shape index (κ3) is 5.20. The van der Waals surface area contributed by atoms with Gasteiger partial charge in [-0.2, -0.15) is 0 Å². The fourth-order valence-electron chi connectivity index (χ4n) is 9.15. The van der Waals surface area contributed by atoms with E-state index in [0.717, 1.165) is 29.2 Å². The number of hydrogen-bond donors (Lipinski definition) is 0. The second kappa shape index (κ2) is 12.7. The molecule has 7 aromatic rings. The molecule has 0 N–H and O–H groups in total. The number of aryl methyl sites for hydroxylation is 1. The van der Waals surface area contributed by atoms with Crippen LogP contribution in [0.25, 0.3) is 0 Å². The molecule has 0 saturated heterocycles. The zero-order valence-electron chi connectivity index (χ0n) is 31.3. The minimum absolute atomic E-state index is 0.0790. The van der Waals surface area contributed by atoms with E-state index in [9.17, 15) is 0 Å². The molecule has 0 aromatic heterocycles. The van der Waals surface area contributed by atoms with Crippen molar-refractivity contribution in [2.75, 3.05) is 14.7 Å². The number of nitrogens with zero attached hydrogens (tertiary/aromatic N) is 3. The van der Waals surface area contributed by atoms with Crippen LogP contribution in [0.3, 0.4) is 0 Å². The summed E-state index contributed by atoms with van der Waals surface area (Å²) >= 11 is 1.82. The summed E-state index contributed by atoms with van der Waals surface area (Å²) in [5, 5.41) is 0. The van der Waals surface area contributed by atoms with Crippen molar-refractivity contribution in [1.29, 1.82) is 0 Å². The molecule has 0 radical (unpaired) electrons. The van der Waals surface area contributed by atoms with Gasteiger partial charge in [0.25, 0.3) is 6.71 Å². The van der Waals surface area contributed by atoms with Crippen LogP contribution in [-0.4, -0.2) is 6.71 Å². The Hall–Kier alpha value is -5.65. The highest BCUT2D eigenvalue weighted by molar-refractivity contribution is 7.99. The van der Waals surface area contributed by atoms with Crippen LogP contribution in [0.15, 0.2) is 168 Å². The summed E-state index contributed by atoms with van der Waals surface area (Å²) < 4.78 is 0. The molecule has 7 aromatic carbocycles. The molecule has 0 saturated carbocycles. The molecule has 262 valence electrons. The zero-order valence-corrected chi connectivity index (χ0v) is 32.1. The van der Waals surface area contributed by atoms with Crippen LogP contribution in [0.4, 0.5) is 51.2 Å². The molecular weight excluding hydrogens is 673 g/mol. The lowest BCUT2D eigenvalue weighted by molar-refractivity contribution is 0.473. The van der Waals surface area contributed by atoms with Crippen molar-refractivity contribution >= 4 is 86.0 Å². The van der Waals surface area contributed by atoms with Crippen LogP contribution < -0.4 is 31.1 Å². The molecular formula is C49H42BN3S. The highest BCUT2D eigenvalue weighted by Gasteiger charge is 2.43. The lowest BCUT2D eigenvalue weighted by Crippen LogP contribution is -2.61. The maximum Gasteiger partial charge on any atom is 0.252 e. The molecule has 0 aliphatic carbocycles. The van der Waals surface area contributed by atoms with Gasteiger partial charge >= 0.3 is 0 Å². The Balaban J connectivity index is 1.23. The first kappa shape index (κ1) is 33.0. The van der Waals surface area contributed by atoms with Crippen LogP contribution in [0.2, 0.25) is 0 Å². The van der Waals surface area contributed by atoms with E-state index in [1.54, 1.807) is 0 Å². The van der Waals surface area contributed by atoms with Gasteiger partial charge in [0.15, 0.2) is 0 Å². The molecule has 3 heterocycles. The average molecular weight is 716 g/mol. The van der Waals surface area contributed by atoms with E-state index in [1.807, 2.05) is 11.8 Å². The Bertz CT molecular complexity index is 2580. The molecule has 3 aliphatic heterocycles. The second-order valence-corrected chi connectivity index (χ2v) is 16.7. The fraction of sp³-hybridized carbons (Fsp3) is 0.143. The number of rotatable bonds is 5. The Labute approximate surface area is 324 Å². The van der Waals surface area contributed by atoms with E-state index >= 15 is 0 Å². The van der Waals surface area contributed by atoms with Gasteiger partial charge in [-0.25, -0.2) is 0 Å². The molecule has 10 rings (SSSR count). The van der Waals surface area contributed by atoms with Gasteiger partial charge in [0, 0.05) is 61.0 Å². The van der Waals surface area contributed by atoms with Crippen molar-refractivity contribution in [3.63, 3.8) is 0 Å². The Kier molecular flexibility index (Phi) is 7.78. The van der Waals surface area contributed by atoms with E-state index in [1.165, 1.54) is 72.2 Å². The fourth-order valence-corrected chi connectivity index (χ4v) is 10.1. The molecule has 6 bridgehead atoms. The molecule has 0 amide bonds. The highest BCUT2D eigenvalue weighted by Crippen LogP contribution is 2.48. The smallest absolute Gasteiger partial charge is 0.252 e. The predicted octanol–water partition coefficient (Wildman–Crippen LogP) is 12.1. The minimum Gasteiger partial charge on any atom is -0.311 e. The third-order valence-corrected chi connectivity index (χ3v) is 12.6. The molecule has 0 fully saturated rings. The Morgan fingerprint density at radius 2 is 1.07 bits per heavy atom. The molecule has 5 heteroatoms. The average Bonchev–Trinajstić information content (AvgIpc) is 3.18. The Morgan fingerprint density at radius 1 is 0.500 bits per heavy atom. The van der Waals surface area contributed by atoms with Crippen molar-refractivity contribution < 1.29 is 0 Å². The summed E-state index contributed by atoms with van der Waals surface area (Å²) in [6.07, 6.45) is 2.32. The van der Waals surface area contributed by atoms with Gasteiger partial charge in [0.1, 0.15) is 0 Å². The first-order chi connectivity index (χ1) is 26.4. The van der Waals surface area contributed by atoms with Gasteiger partial charge in [-0.1, -0.05) is 112 Å². The quantitative estimate of drug-likeness (QED) is 0.164. The van der Waals surface area contributed by atoms with Gasteiger partial charge < -0.3 is 14.7 Å². The molecule has 54 heavy (non-hydrogen) atoms. The number of anilines is 9. The molecule has 3 aliphatic rings. The lowest BCUT2D eigenvalue weighted by atomic mass is 9.33. The molecule has 0 unspecified atom stereocenters. The third-order valence-electron chi connectivity index (χ3n) is 11.7. The van der Waals surface area contributed by atoms with Gasteiger partial charge in [0.2, 0.25) is 0 Å². The summed E-state index contributed by atoms with van der Waals surface area (Å²) in [5.74, 6) is 0. The van der Waals surface area contributed by atoms with E-state index in [2.05, 4.69) is 200 Å². The second-order valence-electron chi connectivity index (χ2n) is 15.5. The highest BCUT2D eigenvalue weighted by atomic mass is 32.2. The normalized spacial score (nSPS) is 13.9. The van der Waals surface area contributed by atoms with Crippen LogP contribution in [0.5, 0.6) is 0 Å². The lowest BCUT2D eigenvalue weighted by Gasteiger charge is -2.44. The number of hydrogen-bond acceptors (Lipinski definition) is 4. The van der Waals surface area contributed by atoms with Crippen molar-refractivity contribution in [2.45, 2.75) is 55.7 Å². The van der Waals surface area contributed by atoms with E-state index in [-0.39, 0.29) is 12.1 Å². The molecule has 0 atom stereocenters. The predicted molar refractivity (Wildman–Crippen MR) is 232 cm³/mol. The van der Waals surface area contributed by atoms with Crippen molar-refractivity contribution in [1.82, 2.24) is 0 Å². The van der Waals surface area contributed by atoms with Crippen LogP contribution in [0.1, 0.15) is 44.7 Å². The van der Waals surface area contributed by atoms with Crippen LogP contribution >= 0.6 is 11.8 Å². The first-order valence-electron chi connectivity index (χ1n) is 19.2. The number of fused-ring (bicyclic) bond motifs is 10. The van der Waals surface area contributed by atoms with E-state index < -0.39 is 0 Å². The summed E-state index contributed by atoms with van der Waals surface area (Å²) in [7, 11) is 0. The molecule has 0 spiro atoms. The van der Waals surface area contributed by atoms with Gasteiger partial charge in [-0.3, -0.25) is 0 Å². The maximum absolute atomic E-state index is 2.52. The van der Waals surface area contributed by atoms with Gasteiger partial charge in [0.05, 0.1) is 0 Å². The van der Waals surface area contributed by atoms with E-state index in [0.29, 0.717) is 0 Å². The van der Waals surface area contributed by atoms with Gasteiger partial charge in [-0.05, 0) is 131 Å². The number of para-hydroxylation sites is 2. The summed E-state index contributed by atoms with van der Waals surface area (Å²) in [6.45, 7) is 9.30. The summed E-state index contributed by atoms with van der Waals surface area (Å²) in [5.41, 5.74) is 17.5. The van der Waals surface area contributed by atoms with E-state index in [4.69, 9.17) is 0 Å². The first-order valence-corrected chi connectivity index (χ1v) is 20.0. The van der Waals surface area contributed by atoms with Crippen molar-refractivity contribution in [3.05, 3.63) is 169 Å². The SMILES string of the molecule is CCCC(C)(C)c1ccc(N2c3cccc(c3)Sc3cccc(c3)N3c4cc2ccc4B2c4ccccc4N(c4ccccc4C)c4cccc3c42)cc1. The zero-order chi connectivity index (χ0) is 36.6. The van der Waals surface area contributed by atoms with Crippen molar-refractivity contribution in [2.24, 2.45) is 0 Å². The molecule has 3 nitrogen and oxygen atoms in total. The maximum atomic E-state index is 2.52. The Morgan fingerprint density at radius 3 is 1.80 bits per heavy atom. The minimum atomic E-state index is 0.0790. The standard InChI is InChI=1S/C49H42BN3S/c1-5-29-49(3,4)34-23-25-35(26-24-34)51-36-14-10-16-39(30-36)54-40-17-11-15-37(31-40)52-45-21-12-22-46-48(45)50(42-28-27-38(51)32-47(42)52)41-18-7-9-20-44(41)53(46)43-19-8-6-13-33(43)2/h6-28,30-32H,5,29H2,1-4H3. The van der Waals surface area contributed by atoms with Crippen LogP contribution in [-0.2, 0) is 5.41 Å². The number of benzene rings is 7. The topological polar surface area (TPSA) is 9.72 Å². The van der Waals surface area contributed by atoms with Crippen molar-refractivity contribution in [3.8, 4) is 0 Å². The largest absolute Gasteiger partial charge is 0.311 e. The van der Waals surface area contributed by atoms with Crippen LogP contribution in [0, 0.1) is 6.92 Å².